The molecular formula is C18H31FN4. The highest BCUT2D eigenvalue weighted by atomic mass is 19.1. The van der Waals surface area contributed by atoms with Crippen molar-refractivity contribution in [3.63, 3.8) is 0 Å². The zero-order valence-electron chi connectivity index (χ0n) is 14.7. The van der Waals surface area contributed by atoms with Gasteiger partial charge in [0.15, 0.2) is 5.96 Å². The van der Waals surface area contributed by atoms with Crippen LogP contribution in [-0.2, 0) is 6.54 Å². The van der Waals surface area contributed by atoms with Crippen molar-refractivity contribution in [2.24, 2.45) is 4.99 Å². The summed E-state index contributed by atoms with van der Waals surface area (Å²) in [6.45, 7) is 2.75. The molecule has 4 nitrogen and oxygen atoms in total. The minimum atomic E-state index is -0.207. The van der Waals surface area contributed by atoms with E-state index in [2.05, 4.69) is 34.6 Å². The Morgan fingerprint density at radius 2 is 1.65 bits per heavy atom. The summed E-state index contributed by atoms with van der Waals surface area (Å²) in [6, 6.07) is 6.51. The molecule has 2 N–H and O–H groups in total. The number of guanidine groups is 1. The van der Waals surface area contributed by atoms with Crippen molar-refractivity contribution < 1.29 is 4.39 Å². The van der Waals surface area contributed by atoms with Crippen molar-refractivity contribution in [3.05, 3.63) is 35.6 Å². The van der Waals surface area contributed by atoms with E-state index in [1.165, 1.54) is 44.4 Å². The standard InChI is InChI=1S/C18H31FN4/c1-20-18(22-15-16-9-11-17(19)12-10-16)21-13-7-5-4-6-8-14-23(2)3/h9-12H,4-8,13-15H2,1-3H3,(H2,20,21,22). The molecule has 0 saturated heterocycles. The van der Waals surface area contributed by atoms with Gasteiger partial charge < -0.3 is 15.5 Å². The summed E-state index contributed by atoms with van der Waals surface area (Å²) in [7, 11) is 6.00. The second-order valence-electron chi connectivity index (χ2n) is 6.05. The highest BCUT2D eigenvalue weighted by Crippen LogP contribution is 2.03. The minimum Gasteiger partial charge on any atom is -0.356 e. The van der Waals surface area contributed by atoms with E-state index in [1.807, 2.05) is 0 Å². The lowest BCUT2D eigenvalue weighted by atomic mass is 10.1. The molecule has 0 amide bonds. The number of nitrogens with one attached hydrogen (secondary N) is 2. The predicted octanol–water partition coefficient (Wildman–Crippen LogP) is 3.00. The van der Waals surface area contributed by atoms with Crippen LogP contribution in [0.1, 0.15) is 37.7 Å². The lowest BCUT2D eigenvalue weighted by Gasteiger charge is -2.12. The lowest BCUT2D eigenvalue weighted by Crippen LogP contribution is -2.37. The normalized spacial score (nSPS) is 11.8. The molecule has 0 spiro atoms. The van der Waals surface area contributed by atoms with E-state index in [0.717, 1.165) is 24.5 Å². The van der Waals surface area contributed by atoms with Crippen molar-refractivity contribution in [2.75, 3.05) is 34.2 Å². The number of aliphatic imine (C=N–C) groups is 1. The van der Waals surface area contributed by atoms with Crippen molar-refractivity contribution in [2.45, 2.75) is 38.6 Å². The largest absolute Gasteiger partial charge is 0.356 e. The van der Waals surface area contributed by atoms with Crippen molar-refractivity contribution in [3.8, 4) is 0 Å². The summed E-state index contributed by atoms with van der Waals surface area (Å²) >= 11 is 0. The van der Waals surface area contributed by atoms with E-state index in [1.54, 1.807) is 19.2 Å². The van der Waals surface area contributed by atoms with Gasteiger partial charge in [-0.2, -0.15) is 0 Å². The molecule has 0 radical (unpaired) electrons. The molecule has 0 bridgehead atoms. The molecule has 0 aliphatic carbocycles. The van der Waals surface area contributed by atoms with Gasteiger partial charge in [-0.3, -0.25) is 4.99 Å². The van der Waals surface area contributed by atoms with Crippen molar-refractivity contribution in [1.29, 1.82) is 0 Å². The fraction of sp³-hybridized carbons (Fsp3) is 0.611. The number of nitrogens with zero attached hydrogens (tertiary/aromatic N) is 2. The molecular weight excluding hydrogens is 291 g/mol. The van der Waals surface area contributed by atoms with Gasteiger partial charge in [0.25, 0.3) is 0 Å². The Labute approximate surface area is 140 Å². The van der Waals surface area contributed by atoms with E-state index < -0.39 is 0 Å². The number of hydrogen-bond donors (Lipinski definition) is 2. The van der Waals surface area contributed by atoms with Crippen LogP contribution in [-0.4, -0.2) is 45.1 Å². The quantitative estimate of drug-likeness (QED) is 0.395. The molecule has 0 aromatic heterocycles. The first-order chi connectivity index (χ1) is 11.1. The zero-order chi connectivity index (χ0) is 16.9. The van der Waals surface area contributed by atoms with Gasteiger partial charge in [0.05, 0.1) is 0 Å². The highest BCUT2D eigenvalue weighted by Gasteiger charge is 1.99. The van der Waals surface area contributed by atoms with Crippen LogP contribution in [0.25, 0.3) is 0 Å². The first kappa shape index (κ1) is 19.4. The Kier molecular flexibility index (Phi) is 10.0. The van der Waals surface area contributed by atoms with Gasteiger partial charge in [-0.25, -0.2) is 4.39 Å². The third kappa shape index (κ3) is 9.89. The Balaban J connectivity index is 2.07. The van der Waals surface area contributed by atoms with Crippen LogP contribution < -0.4 is 10.6 Å². The summed E-state index contributed by atoms with van der Waals surface area (Å²) in [5, 5.41) is 6.56. The van der Waals surface area contributed by atoms with Crippen LogP contribution >= 0.6 is 0 Å². The number of unbranched alkanes of at least 4 members (excludes halogenated alkanes) is 4. The van der Waals surface area contributed by atoms with Crippen LogP contribution in [0.2, 0.25) is 0 Å². The van der Waals surface area contributed by atoms with Gasteiger partial charge in [0.2, 0.25) is 0 Å². The molecule has 0 aliphatic rings. The number of halogens is 1. The smallest absolute Gasteiger partial charge is 0.191 e. The van der Waals surface area contributed by atoms with Gasteiger partial charge in [0.1, 0.15) is 5.82 Å². The van der Waals surface area contributed by atoms with Crippen molar-refractivity contribution >= 4 is 5.96 Å². The van der Waals surface area contributed by atoms with E-state index in [4.69, 9.17) is 0 Å². The van der Waals surface area contributed by atoms with Crippen LogP contribution in [0.3, 0.4) is 0 Å². The van der Waals surface area contributed by atoms with Gasteiger partial charge in [-0.15, -0.1) is 0 Å². The summed E-state index contributed by atoms with van der Waals surface area (Å²) in [5.41, 5.74) is 1.04. The molecule has 0 atom stereocenters. The van der Waals surface area contributed by atoms with Gasteiger partial charge in [-0.05, 0) is 51.2 Å². The number of rotatable bonds is 10. The lowest BCUT2D eigenvalue weighted by molar-refractivity contribution is 0.389. The molecule has 1 rings (SSSR count). The van der Waals surface area contributed by atoms with Crippen LogP contribution in [0, 0.1) is 5.82 Å². The monoisotopic (exact) mass is 322 g/mol. The Morgan fingerprint density at radius 3 is 2.30 bits per heavy atom. The van der Waals surface area contributed by atoms with Gasteiger partial charge in [0, 0.05) is 20.1 Å². The highest BCUT2D eigenvalue weighted by molar-refractivity contribution is 5.79. The maximum Gasteiger partial charge on any atom is 0.191 e. The molecule has 130 valence electrons. The van der Waals surface area contributed by atoms with E-state index in [-0.39, 0.29) is 5.82 Å². The molecule has 23 heavy (non-hydrogen) atoms. The third-order valence-electron chi connectivity index (χ3n) is 3.67. The molecule has 0 aliphatic heterocycles. The fourth-order valence-electron chi connectivity index (χ4n) is 2.30. The van der Waals surface area contributed by atoms with Crippen LogP contribution in [0.5, 0.6) is 0 Å². The summed E-state index contributed by atoms with van der Waals surface area (Å²) in [5.74, 6) is 0.587. The van der Waals surface area contributed by atoms with E-state index in [9.17, 15) is 4.39 Å². The second-order valence-corrected chi connectivity index (χ2v) is 6.05. The molecule has 0 saturated carbocycles. The first-order valence-electron chi connectivity index (χ1n) is 8.45. The topological polar surface area (TPSA) is 39.7 Å². The second kappa shape index (κ2) is 11.9. The zero-order valence-corrected chi connectivity index (χ0v) is 14.7. The minimum absolute atomic E-state index is 0.207. The molecule has 1 aromatic carbocycles. The van der Waals surface area contributed by atoms with E-state index in [0.29, 0.717) is 6.54 Å². The summed E-state index contributed by atoms with van der Waals surface area (Å²) in [4.78, 5) is 6.44. The Hall–Kier alpha value is -1.62. The maximum atomic E-state index is 12.8. The average molecular weight is 322 g/mol. The Morgan fingerprint density at radius 1 is 1.00 bits per heavy atom. The SMILES string of the molecule is CN=C(NCCCCCCCN(C)C)NCc1ccc(F)cc1. The molecule has 0 unspecified atom stereocenters. The third-order valence-corrected chi connectivity index (χ3v) is 3.67. The van der Waals surface area contributed by atoms with Crippen LogP contribution in [0.15, 0.2) is 29.3 Å². The maximum absolute atomic E-state index is 12.8. The van der Waals surface area contributed by atoms with Gasteiger partial charge >= 0.3 is 0 Å². The summed E-state index contributed by atoms with van der Waals surface area (Å²) < 4.78 is 12.8. The molecule has 0 heterocycles. The average Bonchev–Trinajstić information content (AvgIpc) is 2.54. The van der Waals surface area contributed by atoms with E-state index >= 15 is 0 Å². The van der Waals surface area contributed by atoms with Crippen molar-refractivity contribution in [1.82, 2.24) is 15.5 Å². The number of benzene rings is 1. The number of hydrogen-bond acceptors (Lipinski definition) is 2. The van der Waals surface area contributed by atoms with Gasteiger partial charge in [-0.1, -0.05) is 31.4 Å². The fourth-order valence-corrected chi connectivity index (χ4v) is 2.30. The molecule has 1 aromatic rings. The molecule has 0 fully saturated rings. The predicted molar refractivity (Wildman–Crippen MR) is 96.2 cm³/mol. The summed E-state index contributed by atoms with van der Waals surface area (Å²) in [6.07, 6.45) is 6.27. The molecule has 5 heteroatoms. The Bertz CT molecular complexity index is 443. The first-order valence-corrected chi connectivity index (χ1v) is 8.45. The van der Waals surface area contributed by atoms with Crippen LogP contribution in [0.4, 0.5) is 4.39 Å².